The number of rotatable bonds is 7. The molecule has 0 radical (unpaired) electrons. The van der Waals surface area contributed by atoms with Gasteiger partial charge in [0.05, 0.1) is 5.69 Å². The van der Waals surface area contributed by atoms with Crippen LogP contribution in [0.15, 0.2) is 53.1 Å². The van der Waals surface area contributed by atoms with Gasteiger partial charge < -0.3 is 25.6 Å². The molecule has 3 aromatic rings. The van der Waals surface area contributed by atoms with Crippen LogP contribution in [0.5, 0.6) is 0 Å². The SMILES string of the molecule is CC(C)C(NC(=O)c1cc(-c2ccc(NC(=O)Nc3ccc(Cl)cc3F)cc2)no1)C(=O)O. The van der Waals surface area contributed by atoms with Gasteiger partial charge in [-0.25, -0.2) is 14.0 Å². The van der Waals surface area contributed by atoms with Crippen molar-refractivity contribution < 1.29 is 28.4 Å². The molecular formula is C22H20ClFN4O5. The van der Waals surface area contributed by atoms with Crippen LogP contribution in [0.1, 0.15) is 24.4 Å². The molecule has 172 valence electrons. The molecule has 0 fully saturated rings. The fraction of sp³-hybridized carbons (Fsp3) is 0.182. The van der Waals surface area contributed by atoms with Crippen molar-refractivity contribution in [1.29, 1.82) is 0 Å². The largest absolute Gasteiger partial charge is 0.480 e. The summed E-state index contributed by atoms with van der Waals surface area (Å²) in [7, 11) is 0. The molecule has 0 spiro atoms. The molecule has 0 aliphatic heterocycles. The van der Waals surface area contributed by atoms with Crippen LogP contribution in [0.2, 0.25) is 5.02 Å². The van der Waals surface area contributed by atoms with Gasteiger partial charge in [0.15, 0.2) is 0 Å². The number of urea groups is 1. The minimum atomic E-state index is -1.15. The molecule has 3 rings (SSSR count). The number of aromatic nitrogens is 1. The lowest BCUT2D eigenvalue weighted by Crippen LogP contribution is -2.44. The number of carboxylic acids is 1. The highest BCUT2D eigenvalue weighted by Gasteiger charge is 2.25. The van der Waals surface area contributed by atoms with Crippen LogP contribution in [0.3, 0.4) is 0 Å². The molecule has 1 heterocycles. The highest BCUT2D eigenvalue weighted by atomic mass is 35.5. The maximum Gasteiger partial charge on any atom is 0.326 e. The highest BCUT2D eigenvalue weighted by Crippen LogP contribution is 2.23. The zero-order valence-corrected chi connectivity index (χ0v) is 18.3. The number of carbonyl (C=O) groups is 3. The molecule has 2 aromatic carbocycles. The second-order valence-electron chi connectivity index (χ2n) is 7.39. The summed E-state index contributed by atoms with van der Waals surface area (Å²) in [6, 6.07) is 9.98. The molecule has 1 aromatic heterocycles. The number of aliphatic carboxylic acids is 1. The Morgan fingerprint density at radius 2 is 1.76 bits per heavy atom. The van der Waals surface area contributed by atoms with E-state index in [2.05, 4.69) is 21.1 Å². The average Bonchev–Trinajstić information content (AvgIpc) is 3.24. The Hall–Kier alpha value is -3.92. The van der Waals surface area contributed by atoms with Gasteiger partial charge in [-0.3, -0.25) is 4.79 Å². The van der Waals surface area contributed by atoms with E-state index in [0.29, 0.717) is 16.9 Å². The van der Waals surface area contributed by atoms with Crippen molar-refractivity contribution in [3.05, 3.63) is 65.1 Å². The van der Waals surface area contributed by atoms with Gasteiger partial charge in [0.25, 0.3) is 5.91 Å². The summed E-state index contributed by atoms with van der Waals surface area (Å²) in [5.41, 5.74) is 1.33. The molecule has 0 saturated carbocycles. The minimum Gasteiger partial charge on any atom is -0.480 e. The van der Waals surface area contributed by atoms with Gasteiger partial charge >= 0.3 is 12.0 Å². The first kappa shape index (κ1) is 23.7. The van der Waals surface area contributed by atoms with Crippen LogP contribution in [0.25, 0.3) is 11.3 Å². The number of nitrogens with zero attached hydrogens (tertiary/aromatic N) is 1. The van der Waals surface area contributed by atoms with Crippen LogP contribution in [-0.2, 0) is 4.79 Å². The zero-order valence-electron chi connectivity index (χ0n) is 17.6. The van der Waals surface area contributed by atoms with Crippen LogP contribution >= 0.6 is 11.6 Å². The van der Waals surface area contributed by atoms with E-state index in [1.807, 2.05) is 0 Å². The lowest BCUT2D eigenvalue weighted by atomic mass is 10.0. The van der Waals surface area contributed by atoms with Crippen molar-refractivity contribution in [2.24, 2.45) is 5.92 Å². The van der Waals surface area contributed by atoms with E-state index in [0.717, 1.165) is 6.07 Å². The molecule has 9 nitrogen and oxygen atoms in total. The third-order valence-corrected chi connectivity index (χ3v) is 4.81. The van der Waals surface area contributed by atoms with Crippen molar-refractivity contribution in [1.82, 2.24) is 10.5 Å². The topological polar surface area (TPSA) is 134 Å². The predicted molar refractivity (Wildman–Crippen MR) is 120 cm³/mol. The van der Waals surface area contributed by atoms with Crippen molar-refractivity contribution in [2.75, 3.05) is 10.6 Å². The second-order valence-corrected chi connectivity index (χ2v) is 7.83. The van der Waals surface area contributed by atoms with Crippen molar-refractivity contribution in [3.63, 3.8) is 0 Å². The monoisotopic (exact) mass is 474 g/mol. The Labute approximate surface area is 192 Å². The molecule has 1 atom stereocenters. The van der Waals surface area contributed by atoms with Gasteiger partial charge in [0, 0.05) is 22.3 Å². The predicted octanol–water partition coefficient (Wildman–Crippen LogP) is 4.62. The number of amides is 3. The molecule has 0 saturated heterocycles. The van der Waals surface area contributed by atoms with Gasteiger partial charge in [0.2, 0.25) is 5.76 Å². The minimum absolute atomic E-state index is 0.0236. The zero-order chi connectivity index (χ0) is 24.1. The smallest absolute Gasteiger partial charge is 0.326 e. The van der Waals surface area contributed by atoms with Crippen LogP contribution in [-0.4, -0.2) is 34.2 Å². The summed E-state index contributed by atoms with van der Waals surface area (Å²) in [4.78, 5) is 35.6. The van der Waals surface area contributed by atoms with E-state index in [1.165, 1.54) is 18.2 Å². The quantitative estimate of drug-likeness (QED) is 0.395. The molecule has 4 N–H and O–H groups in total. The van der Waals surface area contributed by atoms with Gasteiger partial charge in [0.1, 0.15) is 17.6 Å². The second kappa shape index (κ2) is 10.1. The number of hydrogen-bond acceptors (Lipinski definition) is 5. The number of benzene rings is 2. The number of nitrogens with one attached hydrogen (secondary N) is 3. The number of carboxylic acid groups (broad SMARTS) is 1. The van der Waals surface area contributed by atoms with Crippen LogP contribution in [0.4, 0.5) is 20.6 Å². The van der Waals surface area contributed by atoms with Crippen molar-refractivity contribution in [2.45, 2.75) is 19.9 Å². The fourth-order valence-corrected chi connectivity index (χ4v) is 3.00. The Balaban J connectivity index is 1.63. The van der Waals surface area contributed by atoms with E-state index in [4.69, 9.17) is 16.1 Å². The Kier molecular flexibility index (Phi) is 7.29. The van der Waals surface area contributed by atoms with E-state index in [-0.39, 0.29) is 22.4 Å². The summed E-state index contributed by atoms with van der Waals surface area (Å²) in [5, 5.41) is 20.6. The summed E-state index contributed by atoms with van der Waals surface area (Å²) in [6.07, 6.45) is 0. The first-order chi connectivity index (χ1) is 15.6. The first-order valence-electron chi connectivity index (χ1n) is 9.78. The number of anilines is 2. The van der Waals surface area contributed by atoms with E-state index in [1.54, 1.807) is 38.1 Å². The average molecular weight is 475 g/mol. The van der Waals surface area contributed by atoms with Gasteiger partial charge in [-0.2, -0.15) is 0 Å². The van der Waals surface area contributed by atoms with Crippen molar-refractivity contribution in [3.8, 4) is 11.3 Å². The number of carbonyl (C=O) groups excluding carboxylic acids is 2. The Morgan fingerprint density at radius 3 is 2.36 bits per heavy atom. The third-order valence-electron chi connectivity index (χ3n) is 4.57. The van der Waals surface area contributed by atoms with Crippen molar-refractivity contribution >= 4 is 40.9 Å². The van der Waals surface area contributed by atoms with Crippen LogP contribution in [0, 0.1) is 11.7 Å². The van der Waals surface area contributed by atoms with E-state index < -0.39 is 29.8 Å². The first-order valence-corrected chi connectivity index (χ1v) is 10.2. The number of hydrogen-bond donors (Lipinski definition) is 4. The van der Waals surface area contributed by atoms with E-state index >= 15 is 0 Å². The summed E-state index contributed by atoms with van der Waals surface area (Å²) >= 11 is 5.69. The third kappa shape index (κ3) is 6.07. The molecule has 3 amide bonds. The Morgan fingerprint density at radius 1 is 1.06 bits per heavy atom. The molecule has 0 bridgehead atoms. The molecule has 0 aliphatic carbocycles. The van der Waals surface area contributed by atoms with Gasteiger partial charge in [-0.05, 0) is 36.2 Å². The number of halogens is 2. The molecule has 11 heteroatoms. The fourth-order valence-electron chi connectivity index (χ4n) is 2.84. The summed E-state index contributed by atoms with van der Waals surface area (Å²) in [5.74, 6) is -2.96. The molecule has 33 heavy (non-hydrogen) atoms. The lowest BCUT2D eigenvalue weighted by molar-refractivity contribution is -0.140. The van der Waals surface area contributed by atoms with Gasteiger partial charge in [-0.1, -0.05) is 42.7 Å². The Bertz CT molecular complexity index is 1180. The summed E-state index contributed by atoms with van der Waals surface area (Å²) in [6.45, 7) is 3.35. The summed E-state index contributed by atoms with van der Waals surface area (Å²) < 4.78 is 18.8. The maximum absolute atomic E-state index is 13.8. The van der Waals surface area contributed by atoms with E-state index in [9.17, 15) is 23.9 Å². The molecular weight excluding hydrogens is 455 g/mol. The normalized spacial score (nSPS) is 11.7. The van der Waals surface area contributed by atoms with Gasteiger partial charge in [-0.15, -0.1) is 0 Å². The lowest BCUT2D eigenvalue weighted by Gasteiger charge is -2.16. The standard InChI is InChI=1S/C22H20ClFN4O5/c1-11(2)19(21(30)31)27-20(29)18-10-17(28-33-18)12-3-6-14(7-4-12)25-22(32)26-16-8-5-13(23)9-15(16)24/h3-11,19H,1-2H3,(H,27,29)(H,30,31)(H2,25,26,32). The van der Waals surface area contributed by atoms with Crippen LogP contribution < -0.4 is 16.0 Å². The highest BCUT2D eigenvalue weighted by molar-refractivity contribution is 6.30. The molecule has 1 unspecified atom stereocenters. The maximum atomic E-state index is 13.8. The molecule has 0 aliphatic rings.